The highest BCUT2D eigenvalue weighted by molar-refractivity contribution is 6.04. The first kappa shape index (κ1) is 19.2. The minimum Gasteiger partial charge on any atom is -0.483 e. The van der Waals surface area contributed by atoms with E-state index in [1.54, 1.807) is 6.07 Å². The van der Waals surface area contributed by atoms with Crippen molar-refractivity contribution in [1.29, 1.82) is 10.5 Å². The number of fused-ring (bicyclic) bond motifs is 1. The lowest BCUT2D eigenvalue weighted by molar-refractivity contribution is 0.156. The molecule has 0 atom stereocenters. The molecule has 0 radical (unpaired) electrons. The fourth-order valence-corrected chi connectivity index (χ4v) is 3.31. The van der Waals surface area contributed by atoms with Crippen LogP contribution in [-0.2, 0) is 0 Å². The normalized spacial score (nSPS) is 14.8. The summed E-state index contributed by atoms with van der Waals surface area (Å²) in [6.45, 7) is 6.73. The van der Waals surface area contributed by atoms with E-state index in [-0.39, 0.29) is 0 Å². The first-order valence-electron chi connectivity index (χ1n) is 9.25. The fourth-order valence-electron chi connectivity index (χ4n) is 3.31. The Morgan fingerprint density at radius 3 is 2.54 bits per heavy atom. The van der Waals surface area contributed by atoms with Crippen LogP contribution in [0, 0.1) is 22.8 Å². The maximum Gasteiger partial charge on any atom is 0.207 e. The van der Waals surface area contributed by atoms with Crippen molar-refractivity contribution in [2.45, 2.75) is 32.8 Å². The van der Waals surface area contributed by atoms with Gasteiger partial charge in [0, 0.05) is 17.7 Å². The van der Waals surface area contributed by atoms with Crippen LogP contribution in [0.1, 0.15) is 43.9 Å². The van der Waals surface area contributed by atoms with Gasteiger partial charge in [-0.3, -0.25) is 0 Å². The lowest BCUT2D eigenvalue weighted by atomic mass is 9.96. The van der Waals surface area contributed by atoms with Crippen molar-refractivity contribution in [3.63, 3.8) is 0 Å². The monoisotopic (exact) mass is 370 g/mol. The molecule has 3 rings (SSSR count). The van der Waals surface area contributed by atoms with Gasteiger partial charge in [0.25, 0.3) is 0 Å². The fraction of sp³-hybridized carbons (Fsp3) is 0.261. The number of benzene rings is 2. The molecule has 28 heavy (non-hydrogen) atoms. The van der Waals surface area contributed by atoms with Gasteiger partial charge in [-0.05, 0) is 44.5 Å². The summed E-state index contributed by atoms with van der Waals surface area (Å²) in [4.78, 5) is 6.20. The third kappa shape index (κ3) is 3.89. The number of aliphatic imine (C=N–C) groups is 1. The molecule has 2 aromatic carbocycles. The number of hydrogen-bond donors (Lipinski definition) is 0. The number of ether oxygens (including phenoxy) is 1. The van der Waals surface area contributed by atoms with Crippen LogP contribution < -0.4 is 4.74 Å². The summed E-state index contributed by atoms with van der Waals surface area (Å²) >= 11 is 0. The van der Waals surface area contributed by atoms with Crippen molar-refractivity contribution < 1.29 is 4.74 Å². The third-order valence-electron chi connectivity index (χ3n) is 4.42. The van der Waals surface area contributed by atoms with E-state index in [1.807, 2.05) is 73.5 Å². The van der Waals surface area contributed by atoms with Crippen LogP contribution in [0.2, 0.25) is 0 Å². The van der Waals surface area contributed by atoms with Crippen LogP contribution in [0.15, 0.2) is 59.6 Å². The highest BCUT2D eigenvalue weighted by atomic mass is 16.5. The molecule has 5 heteroatoms. The second-order valence-electron chi connectivity index (χ2n) is 7.11. The van der Waals surface area contributed by atoms with Gasteiger partial charge in [0.05, 0.1) is 17.3 Å². The van der Waals surface area contributed by atoms with Crippen LogP contribution >= 0.6 is 0 Å². The van der Waals surface area contributed by atoms with E-state index < -0.39 is 5.60 Å². The van der Waals surface area contributed by atoms with Crippen molar-refractivity contribution in [1.82, 2.24) is 4.90 Å². The predicted molar refractivity (Wildman–Crippen MR) is 109 cm³/mol. The maximum absolute atomic E-state index is 9.35. The molecule has 140 valence electrons. The molecular formula is C23H22N4O. The Bertz CT molecular complexity index is 1010. The van der Waals surface area contributed by atoms with Crippen LogP contribution in [-0.4, -0.2) is 22.9 Å². The van der Waals surface area contributed by atoms with Crippen LogP contribution in [0.4, 0.5) is 0 Å². The zero-order chi connectivity index (χ0) is 20.1. The van der Waals surface area contributed by atoms with Gasteiger partial charge in [0.15, 0.2) is 5.84 Å². The molecule has 2 aromatic rings. The summed E-state index contributed by atoms with van der Waals surface area (Å²) in [6.07, 6.45) is 4.84. The van der Waals surface area contributed by atoms with Gasteiger partial charge >= 0.3 is 0 Å². The van der Waals surface area contributed by atoms with E-state index >= 15 is 0 Å². The molecule has 1 heterocycles. The van der Waals surface area contributed by atoms with Crippen molar-refractivity contribution in [2.24, 2.45) is 4.99 Å². The molecule has 1 aliphatic heterocycles. The molecular weight excluding hydrogens is 348 g/mol. The first-order valence-corrected chi connectivity index (χ1v) is 9.25. The topological polar surface area (TPSA) is 72.4 Å². The van der Waals surface area contributed by atoms with Gasteiger partial charge < -0.3 is 9.64 Å². The minimum atomic E-state index is -0.531. The minimum absolute atomic E-state index is 0.531. The standard InChI is InChI=1S/C23H22N4O/c1-4-12-27(22(26-16-25)18-8-6-5-7-9-18)20-14-23(2,3)28-21-11-10-17(15-24)13-19(20)21/h5-11,13-14H,4,12H2,1-3H3. The molecule has 0 N–H and O–H groups in total. The number of amidine groups is 1. The molecule has 0 fully saturated rings. The molecule has 0 unspecified atom stereocenters. The van der Waals surface area contributed by atoms with Gasteiger partial charge in [-0.1, -0.05) is 37.3 Å². The SMILES string of the molecule is CCCN(C1=CC(C)(C)Oc2ccc(C#N)cc21)C(=NC#N)c1ccccc1. The molecule has 1 aliphatic rings. The van der Waals surface area contributed by atoms with E-state index in [1.165, 1.54) is 0 Å². The lowest BCUT2D eigenvalue weighted by Crippen LogP contribution is -2.37. The molecule has 0 saturated carbocycles. The number of rotatable bonds is 4. The second-order valence-corrected chi connectivity index (χ2v) is 7.11. The molecule has 0 bridgehead atoms. The van der Waals surface area contributed by atoms with Crippen molar-refractivity contribution in [3.05, 3.63) is 71.3 Å². The highest BCUT2D eigenvalue weighted by Crippen LogP contribution is 2.39. The van der Waals surface area contributed by atoms with E-state index in [2.05, 4.69) is 18.0 Å². The quantitative estimate of drug-likeness (QED) is 0.444. The Labute approximate surface area is 165 Å². The van der Waals surface area contributed by atoms with Crippen molar-refractivity contribution in [3.8, 4) is 18.0 Å². The number of hydrogen-bond acceptors (Lipinski definition) is 4. The first-order chi connectivity index (χ1) is 13.5. The third-order valence-corrected chi connectivity index (χ3v) is 4.42. The van der Waals surface area contributed by atoms with Crippen LogP contribution in [0.3, 0.4) is 0 Å². The Balaban J connectivity index is 2.21. The average molecular weight is 370 g/mol. The Kier molecular flexibility index (Phi) is 5.47. The predicted octanol–water partition coefficient (Wildman–Crippen LogP) is 4.71. The molecule has 0 aliphatic carbocycles. The van der Waals surface area contributed by atoms with Gasteiger partial charge in [-0.15, -0.1) is 0 Å². The van der Waals surface area contributed by atoms with Gasteiger partial charge in [0.1, 0.15) is 11.4 Å². The summed E-state index contributed by atoms with van der Waals surface area (Å²) in [6, 6.07) is 17.3. The summed E-state index contributed by atoms with van der Waals surface area (Å²) in [5.74, 6) is 1.30. The number of nitriles is 2. The van der Waals surface area contributed by atoms with E-state index in [9.17, 15) is 10.5 Å². The zero-order valence-electron chi connectivity index (χ0n) is 16.3. The smallest absolute Gasteiger partial charge is 0.207 e. The summed E-state index contributed by atoms with van der Waals surface area (Å²) in [7, 11) is 0. The van der Waals surface area contributed by atoms with E-state index in [0.717, 1.165) is 23.2 Å². The summed E-state index contributed by atoms with van der Waals surface area (Å²) < 4.78 is 6.11. The van der Waals surface area contributed by atoms with E-state index in [4.69, 9.17) is 4.74 Å². The number of nitrogens with zero attached hydrogens (tertiary/aromatic N) is 4. The average Bonchev–Trinajstić information content (AvgIpc) is 2.70. The van der Waals surface area contributed by atoms with Crippen molar-refractivity contribution >= 4 is 11.5 Å². The Morgan fingerprint density at radius 1 is 1.14 bits per heavy atom. The molecule has 0 saturated heterocycles. The lowest BCUT2D eigenvalue weighted by Gasteiger charge is -2.36. The molecule has 0 amide bonds. The van der Waals surface area contributed by atoms with Crippen molar-refractivity contribution in [2.75, 3.05) is 6.54 Å². The molecule has 0 aromatic heterocycles. The second kappa shape index (κ2) is 7.98. The molecule has 0 spiro atoms. The highest BCUT2D eigenvalue weighted by Gasteiger charge is 2.31. The Morgan fingerprint density at radius 2 is 1.89 bits per heavy atom. The van der Waals surface area contributed by atoms with E-state index in [0.29, 0.717) is 23.7 Å². The zero-order valence-corrected chi connectivity index (χ0v) is 16.3. The van der Waals surface area contributed by atoms with Gasteiger partial charge in [-0.2, -0.15) is 15.5 Å². The summed E-state index contributed by atoms with van der Waals surface area (Å²) in [5, 5.41) is 18.7. The van der Waals surface area contributed by atoms with Crippen LogP contribution in [0.5, 0.6) is 5.75 Å². The largest absolute Gasteiger partial charge is 0.483 e. The molecule has 5 nitrogen and oxygen atoms in total. The summed E-state index contributed by atoms with van der Waals surface area (Å²) in [5.41, 5.74) is 2.61. The maximum atomic E-state index is 9.35. The van der Waals surface area contributed by atoms with Gasteiger partial charge in [0.2, 0.25) is 6.19 Å². The van der Waals surface area contributed by atoms with Crippen LogP contribution in [0.25, 0.3) is 5.70 Å². The van der Waals surface area contributed by atoms with Gasteiger partial charge in [-0.25, -0.2) is 0 Å². The Hall–Kier alpha value is -3.57.